The fourth-order valence-electron chi connectivity index (χ4n) is 2.98. The highest BCUT2D eigenvalue weighted by Crippen LogP contribution is 2.22. The number of nitriles is 1. The second-order valence-corrected chi connectivity index (χ2v) is 6.61. The van der Waals surface area contributed by atoms with Crippen molar-refractivity contribution in [3.05, 3.63) is 113 Å². The maximum atomic E-state index is 12.8. The van der Waals surface area contributed by atoms with Crippen molar-refractivity contribution in [2.24, 2.45) is 0 Å². The molecule has 6 heteroatoms. The van der Waals surface area contributed by atoms with E-state index in [1.54, 1.807) is 24.3 Å². The van der Waals surface area contributed by atoms with E-state index >= 15 is 0 Å². The molecule has 0 unspecified atom stereocenters. The minimum Gasteiger partial charge on any atom is -0.465 e. The van der Waals surface area contributed by atoms with Gasteiger partial charge < -0.3 is 15.4 Å². The maximum Gasteiger partial charge on any atom is 0.337 e. The lowest BCUT2D eigenvalue weighted by atomic mass is 9.98. The van der Waals surface area contributed by atoms with Crippen molar-refractivity contribution < 1.29 is 14.3 Å². The van der Waals surface area contributed by atoms with Crippen LogP contribution in [0.2, 0.25) is 0 Å². The Morgan fingerprint density at radius 1 is 0.903 bits per heavy atom. The van der Waals surface area contributed by atoms with Crippen LogP contribution in [0.15, 0.2) is 96.7 Å². The van der Waals surface area contributed by atoms with E-state index in [0.29, 0.717) is 11.3 Å². The fraction of sp³-hybridized carbons (Fsp3) is 0.0800. The molecule has 31 heavy (non-hydrogen) atoms. The molecule has 0 aromatic heterocycles. The molecule has 2 N–H and O–H groups in total. The number of esters is 1. The Kier molecular flexibility index (Phi) is 7.17. The van der Waals surface area contributed by atoms with Crippen LogP contribution in [0, 0.1) is 11.3 Å². The largest absolute Gasteiger partial charge is 0.465 e. The Hall–Kier alpha value is -4.37. The summed E-state index contributed by atoms with van der Waals surface area (Å²) in [6, 6.07) is 27.2. The minimum atomic E-state index is -0.501. The van der Waals surface area contributed by atoms with Crippen LogP contribution < -0.4 is 10.6 Å². The van der Waals surface area contributed by atoms with Crippen LogP contribution in [0.1, 0.15) is 27.5 Å². The molecule has 0 atom stereocenters. The van der Waals surface area contributed by atoms with Gasteiger partial charge in [-0.15, -0.1) is 0 Å². The summed E-state index contributed by atoms with van der Waals surface area (Å²) in [6.45, 7) is 0. The summed E-state index contributed by atoms with van der Waals surface area (Å²) >= 11 is 0. The van der Waals surface area contributed by atoms with Crippen molar-refractivity contribution in [1.29, 1.82) is 5.26 Å². The van der Waals surface area contributed by atoms with E-state index < -0.39 is 17.9 Å². The third-order valence-electron chi connectivity index (χ3n) is 4.60. The lowest BCUT2D eigenvalue weighted by Gasteiger charge is -2.19. The number of amides is 1. The first-order valence-corrected chi connectivity index (χ1v) is 9.58. The molecule has 0 heterocycles. The average molecular weight is 411 g/mol. The molecule has 0 radical (unpaired) electrons. The highest BCUT2D eigenvalue weighted by Gasteiger charge is 2.19. The van der Waals surface area contributed by atoms with Gasteiger partial charge in [0.25, 0.3) is 5.91 Å². The van der Waals surface area contributed by atoms with Crippen LogP contribution in [0.3, 0.4) is 0 Å². The van der Waals surface area contributed by atoms with E-state index in [2.05, 4.69) is 15.4 Å². The number of nitrogens with one attached hydrogen (secondary N) is 2. The number of carbonyl (C=O) groups is 2. The molecular formula is C25H21N3O3. The van der Waals surface area contributed by atoms with Crippen molar-refractivity contribution in [3.63, 3.8) is 0 Å². The summed E-state index contributed by atoms with van der Waals surface area (Å²) in [5.41, 5.74) is 2.77. The molecule has 0 aliphatic carbocycles. The molecule has 3 aromatic rings. The minimum absolute atomic E-state index is 0.0751. The van der Waals surface area contributed by atoms with Crippen molar-refractivity contribution in [2.45, 2.75) is 6.04 Å². The number of benzene rings is 3. The van der Waals surface area contributed by atoms with Crippen molar-refractivity contribution in [2.75, 3.05) is 12.4 Å². The van der Waals surface area contributed by atoms with Gasteiger partial charge in [0.1, 0.15) is 11.6 Å². The second-order valence-electron chi connectivity index (χ2n) is 6.61. The summed E-state index contributed by atoms with van der Waals surface area (Å²) < 4.78 is 4.67. The van der Waals surface area contributed by atoms with Crippen molar-refractivity contribution in [3.8, 4) is 6.07 Å². The molecule has 0 aliphatic heterocycles. The number of nitrogens with zero attached hydrogens (tertiary/aromatic N) is 1. The van der Waals surface area contributed by atoms with E-state index in [1.807, 2.05) is 66.7 Å². The monoisotopic (exact) mass is 411 g/mol. The molecule has 0 aliphatic rings. The highest BCUT2D eigenvalue weighted by atomic mass is 16.5. The molecular weight excluding hydrogens is 390 g/mol. The number of carbonyl (C=O) groups excluding carboxylic acids is 2. The molecule has 0 saturated carbocycles. The standard InChI is InChI=1S/C25H21N3O3/c1-31-25(30)20-12-14-22(15-13-20)27-17-21(16-26)24(29)28-23(18-8-4-2-5-9-18)19-10-6-3-7-11-19/h2-15,17,23,27H,1H3,(H,28,29)/b21-17-. The summed E-state index contributed by atoms with van der Waals surface area (Å²) in [4.78, 5) is 24.3. The Morgan fingerprint density at radius 3 is 1.94 bits per heavy atom. The summed E-state index contributed by atoms with van der Waals surface area (Å²) in [5.74, 6) is -0.939. The van der Waals surface area contributed by atoms with Gasteiger partial charge >= 0.3 is 5.97 Å². The number of methoxy groups -OCH3 is 1. The number of ether oxygens (including phenoxy) is 1. The lowest BCUT2D eigenvalue weighted by Crippen LogP contribution is -2.30. The van der Waals surface area contributed by atoms with Gasteiger partial charge in [-0.05, 0) is 35.4 Å². The average Bonchev–Trinajstić information content (AvgIpc) is 2.84. The maximum absolute atomic E-state index is 12.8. The quantitative estimate of drug-likeness (QED) is 0.345. The molecule has 0 spiro atoms. The zero-order chi connectivity index (χ0) is 22.1. The molecule has 6 nitrogen and oxygen atoms in total. The van der Waals surface area contributed by atoms with Gasteiger partial charge in [0.05, 0.1) is 18.7 Å². The third kappa shape index (κ3) is 5.58. The third-order valence-corrected chi connectivity index (χ3v) is 4.60. The lowest BCUT2D eigenvalue weighted by molar-refractivity contribution is -0.117. The van der Waals surface area contributed by atoms with E-state index in [1.165, 1.54) is 13.3 Å². The summed E-state index contributed by atoms with van der Waals surface area (Å²) in [5, 5.41) is 15.4. The molecule has 3 aromatic carbocycles. The van der Waals surface area contributed by atoms with E-state index in [9.17, 15) is 14.9 Å². The van der Waals surface area contributed by atoms with Gasteiger partial charge in [-0.2, -0.15) is 5.26 Å². The van der Waals surface area contributed by atoms with Crippen LogP contribution >= 0.6 is 0 Å². The van der Waals surface area contributed by atoms with Crippen LogP contribution in [-0.4, -0.2) is 19.0 Å². The van der Waals surface area contributed by atoms with E-state index in [-0.39, 0.29) is 5.57 Å². The van der Waals surface area contributed by atoms with Crippen LogP contribution in [-0.2, 0) is 9.53 Å². The Balaban J connectivity index is 1.77. The SMILES string of the molecule is COC(=O)c1ccc(N/C=C(/C#N)C(=O)NC(c2ccccc2)c2ccccc2)cc1. The van der Waals surface area contributed by atoms with Crippen LogP contribution in [0.25, 0.3) is 0 Å². The number of rotatable bonds is 7. The van der Waals surface area contributed by atoms with E-state index in [4.69, 9.17) is 0 Å². The topological polar surface area (TPSA) is 91.2 Å². The molecule has 1 amide bonds. The zero-order valence-electron chi connectivity index (χ0n) is 16.9. The first-order chi connectivity index (χ1) is 15.1. The predicted molar refractivity (Wildman–Crippen MR) is 118 cm³/mol. The van der Waals surface area contributed by atoms with Crippen LogP contribution in [0.5, 0.6) is 0 Å². The van der Waals surface area contributed by atoms with Crippen molar-refractivity contribution in [1.82, 2.24) is 5.32 Å². The van der Waals surface area contributed by atoms with Gasteiger partial charge in [-0.25, -0.2) is 4.79 Å². The van der Waals surface area contributed by atoms with Gasteiger partial charge in [0, 0.05) is 11.9 Å². The molecule has 0 saturated heterocycles. The number of hydrogen-bond donors (Lipinski definition) is 2. The summed E-state index contributed by atoms with van der Waals surface area (Å²) in [7, 11) is 1.31. The molecule has 3 rings (SSSR count). The van der Waals surface area contributed by atoms with Crippen LogP contribution in [0.4, 0.5) is 5.69 Å². The molecule has 154 valence electrons. The Bertz CT molecular complexity index is 1060. The molecule has 0 bridgehead atoms. The van der Waals surface area contributed by atoms with Crippen molar-refractivity contribution >= 4 is 17.6 Å². The highest BCUT2D eigenvalue weighted by molar-refractivity contribution is 5.98. The van der Waals surface area contributed by atoms with Gasteiger partial charge in [-0.1, -0.05) is 60.7 Å². The Labute approximate surface area is 180 Å². The zero-order valence-corrected chi connectivity index (χ0v) is 16.9. The first-order valence-electron chi connectivity index (χ1n) is 9.58. The van der Waals surface area contributed by atoms with Gasteiger partial charge in [0.2, 0.25) is 0 Å². The first kappa shape index (κ1) is 21.3. The smallest absolute Gasteiger partial charge is 0.337 e. The predicted octanol–water partition coefficient (Wildman–Crippen LogP) is 4.20. The summed E-state index contributed by atoms with van der Waals surface area (Å²) in [6.07, 6.45) is 1.34. The fourth-order valence-corrected chi connectivity index (χ4v) is 2.98. The normalized spacial score (nSPS) is 10.8. The number of hydrogen-bond acceptors (Lipinski definition) is 5. The van der Waals surface area contributed by atoms with Gasteiger partial charge in [0.15, 0.2) is 0 Å². The van der Waals surface area contributed by atoms with Gasteiger partial charge in [-0.3, -0.25) is 4.79 Å². The second kappa shape index (κ2) is 10.4. The Morgan fingerprint density at radius 2 is 1.45 bits per heavy atom. The molecule has 0 fully saturated rings. The van der Waals surface area contributed by atoms with E-state index in [0.717, 1.165) is 11.1 Å². The number of anilines is 1.